The molecule has 0 saturated heterocycles. The van der Waals surface area contributed by atoms with Crippen LogP contribution in [0.5, 0.6) is 11.6 Å². The van der Waals surface area contributed by atoms with Crippen molar-refractivity contribution in [2.75, 3.05) is 0 Å². The lowest BCUT2D eigenvalue weighted by Crippen LogP contribution is -2.20. The highest BCUT2D eigenvalue weighted by atomic mass is 16.5. The highest BCUT2D eigenvalue weighted by Gasteiger charge is 2.16. The van der Waals surface area contributed by atoms with Crippen LogP contribution in [-0.4, -0.2) is 15.3 Å². The van der Waals surface area contributed by atoms with Gasteiger partial charge in [0.15, 0.2) is 0 Å². The number of amides is 1. The molecule has 7 heteroatoms. The van der Waals surface area contributed by atoms with Gasteiger partial charge in [-0.1, -0.05) is 25.1 Å². The zero-order chi connectivity index (χ0) is 19.4. The van der Waals surface area contributed by atoms with Gasteiger partial charge in [-0.05, 0) is 42.3 Å². The summed E-state index contributed by atoms with van der Waals surface area (Å²) in [6, 6.07) is 14.1. The Kier molecular flexibility index (Phi) is 4.99. The molecule has 2 heterocycles. The minimum Gasteiger partial charge on any atom is -0.438 e. The number of primary amides is 1. The van der Waals surface area contributed by atoms with Crippen LogP contribution in [0.1, 0.15) is 18.1 Å². The van der Waals surface area contributed by atoms with E-state index < -0.39 is 11.5 Å². The molecule has 0 atom stereocenters. The number of fused-ring (bicyclic) bond motifs is 1. The molecule has 2 aromatic heterocycles. The van der Waals surface area contributed by atoms with Crippen molar-refractivity contribution >= 4 is 17.6 Å². The fraction of sp³-hybridized carbons (Fsp3) is 0.100. The largest absolute Gasteiger partial charge is 0.438 e. The van der Waals surface area contributed by atoms with E-state index in [1.54, 1.807) is 36.4 Å². The van der Waals surface area contributed by atoms with E-state index in [1.165, 1.54) is 10.6 Å². The Bertz CT molecular complexity index is 1140. The van der Waals surface area contributed by atoms with E-state index in [2.05, 4.69) is 4.98 Å². The predicted octanol–water partition coefficient (Wildman–Crippen LogP) is 2.44. The molecule has 0 spiro atoms. The molecule has 0 aliphatic rings. The molecule has 7 nitrogen and oxygen atoms in total. The first-order chi connectivity index (χ1) is 13.0. The third-order valence-corrected chi connectivity index (χ3v) is 3.95. The smallest absolute Gasteiger partial charge is 0.269 e. The zero-order valence-electron chi connectivity index (χ0n) is 14.5. The Balaban J connectivity index is 2.19. The fourth-order valence-corrected chi connectivity index (χ4v) is 2.49. The maximum atomic E-state index is 12.9. The summed E-state index contributed by atoms with van der Waals surface area (Å²) in [5.74, 6) is -0.468. The number of carbonyl (C=O) groups excluding carboxylic acids is 1. The van der Waals surface area contributed by atoms with Crippen molar-refractivity contribution in [3.05, 3.63) is 75.7 Å². The van der Waals surface area contributed by atoms with Gasteiger partial charge in [-0.25, -0.2) is 0 Å². The van der Waals surface area contributed by atoms with Gasteiger partial charge < -0.3 is 10.5 Å². The lowest BCUT2D eigenvalue weighted by atomic mass is 10.1. The van der Waals surface area contributed by atoms with Crippen molar-refractivity contribution in [3.63, 3.8) is 0 Å². The molecule has 0 fully saturated rings. The van der Waals surface area contributed by atoms with Gasteiger partial charge in [0.1, 0.15) is 28.6 Å². The number of carbonyl (C=O) groups is 1. The molecule has 3 rings (SSSR count). The zero-order valence-corrected chi connectivity index (χ0v) is 14.5. The first-order valence-corrected chi connectivity index (χ1v) is 8.23. The summed E-state index contributed by atoms with van der Waals surface area (Å²) in [5.41, 5.74) is 5.82. The van der Waals surface area contributed by atoms with Crippen LogP contribution in [0.3, 0.4) is 0 Å². The Hall–Kier alpha value is -3.92. The highest BCUT2D eigenvalue weighted by Crippen LogP contribution is 2.24. The summed E-state index contributed by atoms with van der Waals surface area (Å²) in [5, 5.41) is 9.11. The quantitative estimate of drug-likeness (QED) is 0.555. The Morgan fingerprint density at radius 1 is 1.30 bits per heavy atom. The van der Waals surface area contributed by atoms with Crippen LogP contribution in [0.2, 0.25) is 0 Å². The molecule has 0 bridgehead atoms. The van der Waals surface area contributed by atoms with Crippen LogP contribution in [0.25, 0.3) is 11.7 Å². The summed E-state index contributed by atoms with van der Waals surface area (Å²) in [7, 11) is 0. The van der Waals surface area contributed by atoms with Crippen LogP contribution in [-0.2, 0) is 11.2 Å². The second kappa shape index (κ2) is 7.54. The van der Waals surface area contributed by atoms with Crippen molar-refractivity contribution in [2.45, 2.75) is 13.3 Å². The molecule has 134 valence electrons. The Morgan fingerprint density at radius 2 is 2.04 bits per heavy atom. The van der Waals surface area contributed by atoms with E-state index in [9.17, 15) is 9.59 Å². The minimum absolute atomic E-state index is 0.00977. The van der Waals surface area contributed by atoms with E-state index in [4.69, 9.17) is 15.7 Å². The number of hydrogen-bond donors (Lipinski definition) is 1. The number of pyridine rings is 1. The Morgan fingerprint density at radius 3 is 2.67 bits per heavy atom. The number of aromatic nitrogens is 2. The molecule has 0 saturated carbocycles. The van der Waals surface area contributed by atoms with Crippen molar-refractivity contribution in [1.29, 1.82) is 5.26 Å². The van der Waals surface area contributed by atoms with Crippen LogP contribution in [0.4, 0.5) is 0 Å². The molecule has 1 amide bonds. The van der Waals surface area contributed by atoms with Gasteiger partial charge in [0.05, 0.1) is 0 Å². The van der Waals surface area contributed by atoms with Gasteiger partial charge in [-0.15, -0.1) is 0 Å². The van der Waals surface area contributed by atoms with Crippen molar-refractivity contribution < 1.29 is 9.53 Å². The molecular weight excluding hydrogens is 344 g/mol. The monoisotopic (exact) mass is 360 g/mol. The van der Waals surface area contributed by atoms with Gasteiger partial charge in [0, 0.05) is 6.20 Å². The average molecular weight is 360 g/mol. The molecule has 3 aromatic rings. The van der Waals surface area contributed by atoms with E-state index in [1.807, 2.05) is 19.1 Å². The molecule has 0 aliphatic carbocycles. The van der Waals surface area contributed by atoms with Gasteiger partial charge >= 0.3 is 0 Å². The fourth-order valence-electron chi connectivity index (χ4n) is 2.49. The molecule has 0 aliphatic heterocycles. The number of hydrogen-bond acceptors (Lipinski definition) is 5. The second-order valence-electron chi connectivity index (χ2n) is 5.70. The highest BCUT2D eigenvalue weighted by molar-refractivity contribution is 6.00. The normalized spacial score (nSPS) is 11.2. The molecule has 2 N–H and O–H groups in total. The first-order valence-electron chi connectivity index (χ1n) is 8.23. The minimum atomic E-state index is -0.937. The summed E-state index contributed by atoms with van der Waals surface area (Å²) < 4.78 is 7.09. The number of nitriles is 1. The van der Waals surface area contributed by atoms with E-state index in [0.29, 0.717) is 11.4 Å². The summed E-state index contributed by atoms with van der Waals surface area (Å²) >= 11 is 0. The first kappa shape index (κ1) is 17.9. The number of nitrogens with zero attached hydrogens (tertiary/aromatic N) is 3. The maximum Gasteiger partial charge on any atom is 0.269 e. The summed E-state index contributed by atoms with van der Waals surface area (Å²) in [6.45, 7) is 2.04. The molecule has 0 radical (unpaired) electrons. The van der Waals surface area contributed by atoms with Gasteiger partial charge in [0.2, 0.25) is 5.88 Å². The standard InChI is InChI=1S/C20H16N4O3/c1-2-13-6-8-15(9-7-13)27-19-16(11-14(12-21)18(22)25)20(26)24-10-4-3-5-17(24)23-19/h3-11H,2H2,1H3,(H2,22,25). The predicted molar refractivity (Wildman–Crippen MR) is 100 cm³/mol. The van der Waals surface area contributed by atoms with E-state index >= 15 is 0 Å². The lowest BCUT2D eigenvalue weighted by Gasteiger charge is -2.10. The van der Waals surface area contributed by atoms with Gasteiger partial charge in [-0.2, -0.15) is 10.2 Å². The second-order valence-corrected chi connectivity index (χ2v) is 5.70. The molecule has 0 unspecified atom stereocenters. The van der Waals surface area contributed by atoms with Gasteiger partial charge in [-0.3, -0.25) is 14.0 Å². The van der Waals surface area contributed by atoms with E-state index in [-0.39, 0.29) is 17.0 Å². The average Bonchev–Trinajstić information content (AvgIpc) is 2.68. The van der Waals surface area contributed by atoms with E-state index in [0.717, 1.165) is 18.1 Å². The number of rotatable bonds is 5. The molecule has 27 heavy (non-hydrogen) atoms. The third-order valence-electron chi connectivity index (χ3n) is 3.95. The summed E-state index contributed by atoms with van der Waals surface area (Å²) in [4.78, 5) is 28.6. The maximum absolute atomic E-state index is 12.9. The third kappa shape index (κ3) is 3.70. The van der Waals surface area contributed by atoms with Crippen molar-refractivity contribution in [1.82, 2.24) is 9.38 Å². The number of nitrogens with two attached hydrogens (primary N) is 1. The van der Waals surface area contributed by atoms with Crippen LogP contribution in [0, 0.1) is 11.3 Å². The van der Waals surface area contributed by atoms with Crippen LogP contribution < -0.4 is 16.0 Å². The van der Waals surface area contributed by atoms with Gasteiger partial charge in [0.25, 0.3) is 11.5 Å². The Labute approximate surface area is 155 Å². The topological polar surface area (TPSA) is 110 Å². The van der Waals surface area contributed by atoms with Crippen LogP contribution in [0.15, 0.2) is 59.0 Å². The summed E-state index contributed by atoms with van der Waals surface area (Å²) in [6.07, 6.45) is 3.53. The molecule has 1 aromatic carbocycles. The SMILES string of the molecule is CCc1ccc(Oc2nc3ccccn3c(=O)c2C=C(C#N)C(N)=O)cc1. The van der Waals surface area contributed by atoms with Crippen molar-refractivity contribution in [3.8, 4) is 17.7 Å². The number of ether oxygens (including phenoxy) is 1. The number of benzene rings is 1. The number of aryl methyl sites for hydroxylation is 1. The van der Waals surface area contributed by atoms with Crippen molar-refractivity contribution in [2.24, 2.45) is 5.73 Å². The molecular formula is C20H16N4O3. The van der Waals surface area contributed by atoms with Crippen LogP contribution >= 0.6 is 0 Å². The lowest BCUT2D eigenvalue weighted by molar-refractivity contribution is -0.114.